The lowest BCUT2D eigenvalue weighted by Gasteiger charge is -2.32. The van der Waals surface area contributed by atoms with Crippen molar-refractivity contribution in [1.82, 2.24) is 15.5 Å². The molecule has 0 aromatic heterocycles. The van der Waals surface area contributed by atoms with E-state index < -0.39 is 0 Å². The van der Waals surface area contributed by atoms with Crippen LogP contribution in [0.5, 0.6) is 5.75 Å². The molecule has 0 spiro atoms. The number of anilines is 1. The van der Waals surface area contributed by atoms with Gasteiger partial charge in [0.05, 0.1) is 6.54 Å². The molecule has 1 saturated heterocycles. The van der Waals surface area contributed by atoms with E-state index in [1.807, 2.05) is 24.3 Å². The number of piperidine rings is 1. The highest BCUT2D eigenvalue weighted by Crippen LogP contribution is 2.17. The normalized spacial score (nSPS) is 15.5. The van der Waals surface area contributed by atoms with Gasteiger partial charge in [0, 0.05) is 44.9 Å². The largest absolute Gasteiger partial charge is 0.492 e. The number of rotatable bonds is 8. The monoisotopic (exact) mass is 503 g/mol. The zero-order chi connectivity index (χ0) is 19.5. The highest BCUT2D eigenvalue weighted by atomic mass is 127. The van der Waals surface area contributed by atoms with Gasteiger partial charge in [-0.25, -0.2) is 0 Å². The Kier molecular flexibility index (Phi) is 11.9. The third kappa shape index (κ3) is 9.09. The van der Waals surface area contributed by atoms with Gasteiger partial charge in [-0.3, -0.25) is 9.79 Å². The van der Waals surface area contributed by atoms with Gasteiger partial charge in [0.2, 0.25) is 5.91 Å². The zero-order valence-corrected chi connectivity index (χ0v) is 19.5. The molecule has 1 fully saturated rings. The Balaban J connectivity index is 0.00000392. The van der Waals surface area contributed by atoms with E-state index in [1.54, 1.807) is 7.05 Å². The number of halogens is 1. The number of ether oxygens (including phenoxy) is 1. The lowest BCUT2D eigenvalue weighted by Crippen LogP contribution is -2.49. The molecule has 0 bridgehead atoms. The minimum absolute atomic E-state index is 0. The first-order valence-corrected chi connectivity index (χ1v) is 9.80. The standard InChI is InChI=1S/C20H33N5O2.HI/c1-4-11-25-12-8-17(9-13-25)24-20(21-3)22-10-14-27-19-7-5-6-18(15-19)23-16(2)26;/h5-7,15,17H,4,8-14H2,1-3H3,(H,23,26)(H2,21,22,24);1H. The van der Waals surface area contributed by atoms with Gasteiger partial charge in [-0.15, -0.1) is 24.0 Å². The Labute approximate surface area is 185 Å². The van der Waals surface area contributed by atoms with Gasteiger partial charge >= 0.3 is 0 Å². The smallest absolute Gasteiger partial charge is 0.221 e. The predicted octanol–water partition coefficient (Wildman–Crippen LogP) is 2.68. The Morgan fingerprint density at radius 1 is 1.32 bits per heavy atom. The average Bonchev–Trinajstić information content (AvgIpc) is 2.65. The average molecular weight is 503 g/mol. The Morgan fingerprint density at radius 2 is 2.07 bits per heavy atom. The quantitative estimate of drug-likeness (QED) is 0.220. The van der Waals surface area contributed by atoms with Crippen LogP contribution in [0.3, 0.4) is 0 Å². The number of hydrogen-bond donors (Lipinski definition) is 3. The van der Waals surface area contributed by atoms with Gasteiger partial charge in [-0.05, 0) is 37.9 Å². The molecule has 0 atom stereocenters. The minimum Gasteiger partial charge on any atom is -0.492 e. The molecule has 0 aliphatic carbocycles. The number of benzene rings is 1. The summed E-state index contributed by atoms with van der Waals surface area (Å²) in [6.07, 6.45) is 3.51. The summed E-state index contributed by atoms with van der Waals surface area (Å²) in [4.78, 5) is 18.0. The number of amides is 1. The number of carbonyl (C=O) groups is 1. The molecular weight excluding hydrogens is 469 g/mol. The maximum Gasteiger partial charge on any atom is 0.221 e. The van der Waals surface area contributed by atoms with Crippen molar-refractivity contribution in [2.45, 2.75) is 39.2 Å². The van der Waals surface area contributed by atoms with E-state index >= 15 is 0 Å². The summed E-state index contributed by atoms with van der Waals surface area (Å²) in [5, 5.41) is 9.56. The maximum absolute atomic E-state index is 11.1. The molecular formula is C20H34IN5O2. The third-order valence-electron chi connectivity index (χ3n) is 4.51. The van der Waals surface area contributed by atoms with Crippen molar-refractivity contribution in [1.29, 1.82) is 0 Å². The Morgan fingerprint density at radius 3 is 2.71 bits per heavy atom. The van der Waals surface area contributed by atoms with Crippen molar-refractivity contribution in [2.24, 2.45) is 4.99 Å². The molecule has 28 heavy (non-hydrogen) atoms. The van der Waals surface area contributed by atoms with Crippen LogP contribution in [-0.2, 0) is 4.79 Å². The van der Waals surface area contributed by atoms with Crippen molar-refractivity contribution in [3.8, 4) is 5.75 Å². The number of likely N-dealkylation sites (tertiary alicyclic amines) is 1. The minimum atomic E-state index is -0.0933. The van der Waals surface area contributed by atoms with Crippen LogP contribution in [-0.4, -0.2) is 62.6 Å². The van der Waals surface area contributed by atoms with Gasteiger partial charge in [0.1, 0.15) is 12.4 Å². The van der Waals surface area contributed by atoms with Crippen molar-refractivity contribution in [3.63, 3.8) is 0 Å². The molecule has 3 N–H and O–H groups in total. The Bertz CT molecular complexity index is 618. The van der Waals surface area contributed by atoms with Gasteiger partial charge < -0.3 is 25.6 Å². The summed E-state index contributed by atoms with van der Waals surface area (Å²) in [5.74, 6) is 1.46. The summed E-state index contributed by atoms with van der Waals surface area (Å²) < 4.78 is 5.75. The summed E-state index contributed by atoms with van der Waals surface area (Å²) in [5.41, 5.74) is 0.736. The van der Waals surface area contributed by atoms with Gasteiger partial charge in [-0.1, -0.05) is 13.0 Å². The molecule has 8 heteroatoms. The number of nitrogens with one attached hydrogen (secondary N) is 3. The van der Waals surface area contributed by atoms with Crippen molar-refractivity contribution in [3.05, 3.63) is 24.3 Å². The molecule has 1 aliphatic rings. The molecule has 1 aromatic rings. The van der Waals surface area contributed by atoms with Crippen LogP contribution in [0.1, 0.15) is 33.1 Å². The fraction of sp³-hybridized carbons (Fsp3) is 0.600. The van der Waals surface area contributed by atoms with Crippen LogP contribution < -0.4 is 20.7 Å². The molecule has 0 unspecified atom stereocenters. The molecule has 7 nitrogen and oxygen atoms in total. The van der Waals surface area contributed by atoms with Gasteiger partial charge in [0.15, 0.2) is 5.96 Å². The highest BCUT2D eigenvalue weighted by Gasteiger charge is 2.19. The van der Waals surface area contributed by atoms with Crippen LogP contribution in [0.25, 0.3) is 0 Å². The van der Waals surface area contributed by atoms with Gasteiger partial charge in [0.25, 0.3) is 0 Å². The lowest BCUT2D eigenvalue weighted by atomic mass is 10.1. The SMILES string of the molecule is CCCN1CCC(NC(=NC)NCCOc2cccc(NC(C)=O)c2)CC1.I. The van der Waals surface area contributed by atoms with Crippen molar-refractivity contribution >= 4 is 41.5 Å². The lowest BCUT2D eigenvalue weighted by molar-refractivity contribution is -0.114. The molecule has 1 heterocycles. The molecule has 0 radical (unpaired) electrons. The topological polar surface area (TPSA) is 78.0 Å². The molecule has 0 saturated carbocycles. The summed E-state index contributed by atoms with van der Waals surface area (Å²) in [6, 6.07) is 7.87. The number of carbonyl (C=O) groups excluding carboxylic acids is 1. The third-order valence-corrected chi connectivity index (χ3v) is 4.51. The first-order valence-electron chi connectivity index (χ1n) is 9.80. The second kappa shape index (κ2) is 13.6. The summed E-state index contributed by atoms with van der Waals surface area (Å²) in [6.45, 7) is 8.38. The fourth-order valence-corrected chi connectivity index (χ4v) is 3.21. The second-order valence-electron chi connectivity index (χ2n) is 6.82. The molecule has 1 aromatic carbocycles. The van der Waals surface area contributed by atoms with E-state index in [4.69, 9.17) is 4.74 Å². The van der Waals surface area contributed by atoms with E-state index in [0.29, 0.717) is 19.2 Å². The Hall–Kier alpha value is -1.55. The van der Waals surface area contributed by atoms with Crippen LogP contribution in [0.15, 0.2) is 29.3 Å². The van der Waals surface area contributed by atoms with E-state index in [9.17, 15) is 4.79 Å². The van der Waals surface area contributed by atoms with Crippen LogP contribution in [0.2, 0.25) is 0 Å². The van der Waals surface area contributed by atoms with Gasteiger partial charge in [-0.2, -0.15) is 0 Å². The number of hydrogen-bond acceptors (Lipinski definition) is 4. The molecule has 1 aliphatic heterocycles. The summed E-state index contributed by atoms with van der Waals surface area (Å²) >= 11 is 0. The van der Waals surface area contributed by atoms with E-state index in [2.05, 4.69) is 32.8 Å². The first kappa shape index (κ1) is 24.5. The zero-order valence-electron chi connectivity index (χ0n) is 17.2. The van der Waals surface area contributed by atoms with Crippen LogP contribution in [0.4, 0.5) is 5.69 Å². The molecule has 2 rings (SSSR count). The highest BCUT2D eigenvalue weighted by molar-refractivity contribution is 14.0. The fourth-order valence-electron chi connectivity index (χ4n) is 3.21. The van der Waals surface area contributed by atoms with E-state index in [-0.39, 0.29) is 29.9 Å². The number of aliphatic imine (C=N–C) groups is 1. The van der Waals surface area contributed by atoms with E-state index in [0.717, 1.165) is 43.3 Å². The number of guanidine groups is 1. The van der Waals surface area contributed by atoms with Crippen LogP contribution >= 0.6 is 24.0 Å². The predicted molar refractivity (Wildman–Crippen MR) is 126 cm³/mol. The molecule has 158 valence electrons. The maximum atomic E-state index is 11.1. The van der Waals surface area contributed by atoms with E-state index in [1.165, 1.54) is 19.9 Å². The first-order chi connectivity index (χ1) is 13.1. The van der Waals surface area contributed by atoms with Crippen molar-refractivity contribution in [2.75, 3.05) is 45.2 Å². The summed E-state index contributed by atoms with van der Waals surface area (Å²) in [7, 11) is 1.79. The van der Waals surface area contributed by atoms with Crippen molar-refractivity contribution < 1.29 is 9.53 Å². The molecule has 1 amide bonds. The second-order valence-corrected chi connectivity index (χ2v) is 6.82. The van der Waals surface area contributed by atoms with Crippen LogP contribution in [0, 0.1) is 0 Å². The number of nitrogens with zero attached hydrogens (tertiary/aromatic N) is 2.